The fraction of sp³-hybridized carbons (Fsp3) is 0.391. The summed E-state index contributed by atoms with van der Waals surface area (Å²) >= 11 is 0. The van der Waals surface area contributed by atoms with E-state index in [1.165, 1.54) is 6.42 Å². The van der Waals surface area contributed by atoms with Crippen LogP contribution in [0.3, 0.4) is 0 Å². The van der Waals surface area contributed by atoms with Crippen LogP contribution in [0.15, 0.2) is 42.5 Å². The molecule has 2 bridgehead atoms. The van der Waals surface area contributed by atoms with E-state index in [0.717, 1.165) is 37.1 Å². The highest BCUT2D eigenvalue weighted by Crippen LogP contribution is 2.23. The number of benzene rings is 2. The molecule has 2 saturated heterocycles. The van der Waals surface area contributed by atoms with Crippen molar-refractivity contribution in [2.24, 2.45) is 0 Å². The Bertz CT molecular complexity index is 890. The SMILES string of the molecule is Cc1ccc(C(=O)c2ccccc2C(=O)N2CCC3CCC(C2)N3)cc1C. The number of likely N-dealkylation sites (tertiary alicyclic amines) is 1. The molecule has 2 fully saturated rings. The number of carbonyl (C=O) groups is 2. The van der Waals surface area contributed by atoms with Gasteiger partial charge in [0.25, 0.3) is 5.91 Å². The molecule has 2 unspecified atom stereocenters. The summed E-state index contributed by atoms with van der Waals surface area (Å²) in [6, 6.07) is 13.9. The van der Waals surface area contributed by atoms with Crippen molar-refractivity contribution in [2.45, 2.75) is 45.2 Å². The average Bonchev–Trinajstić information content (AvgIpc) is 3.01. The topological polar surface area (TPSA) is 49.4 Å². The molecule has 2 heterocycles. The van der Waals surface area contributed by atoms with Crippen LogP contribution in [0.5, 0.6) is 0 Å². The highest BCUT2D eigenvalue weighted by molar-refractivity contribution is 6.15. The third-order valence-electron chi connectivity index (χ3n) is 5.98. The van der Waals surface area contributed by atoms with Gasteiger partial charge in [0, 0.05) is 36.3 Å². The molecule has 2 atom stereocenters. The zero-order valence-corrected chi connectivity index (χ0v) is 16.0. The van der Waals surface area contributed by atoms with Gasteiger partial charge in [0.15, 0.2) is 5.78 Å². The number of carbonyl (C=O) groups excluding carboxylic acids is 2. The third-order valence-corrected chi connectivity index (χ3v) is 5.98. The van der Waals surface area contributed by atoms with Crippen LogP contribution >= 0.6 is 0 Å². The zero-order valence-electron chi connectivity index (χ0n) is 16.0. The fourth-order valence-corrected chi connectivity index (χ4v) is 4.20. The second kappa shape index (κ2) is 7.28. The number of amides is 1. The van der Waals surface area contributed by atoms with E-state index < -0.39 is 0 Å². The van der Waals surface area contributed by atoms with Gasteiger partial charge < -0.3 is 10.2 Å². The molecule has 0 aliphatic carbocycles. The van der Waals surface area contributed by atoms with Crippen molar-refractivity contribution in [2.75, 3.05) is 13.1 Å². The number of rotatable bonds is 3. The Morgan fingerprint density at radius 2 is 1.67 bits per heavy atom. The number of hydrogen-bond donors (Lipinski definition) is 1. The van der Waals surface area contributed by atoms with Crippen molar-refractivity contribution in [3.63, 3.8) is 0 Å². The fourth-order valence-electron chi connectivity index (χ4n) is 4.20. The number of fused-ring (bicyclic) bond motifs is 2. The molecular weight excluding hydrogens is 336 g/mol. The first-order chi connectivity index (χ1) is 13.0. The summed E-state index contributed by atoms with van der Waals surface area (Å²) in [6.07, 6.45) is 3.31. The minimum Gasteiger partial charge on any atom is -0.337 e. The van der Waals surface area contributed by atoms with Gasteiger partial charge in [-0.2, -0.15) is 0 Å². The Morgan fingerprint density at radius 3 is 2.44 bits per heavy atom. The molecule has 2 aliphatic heterocycles. The van der Waals surface area contributed by atoms with Crippen LogP contribution in [-0.2, 0) is 0 Å². The summed E-state index contributed by atoms with van der Waals surface area (Å²) < 4.78 is 0. The monoisotopic (exact) mass is 362 g/mol. The summed E-state index contributed by atoms with van der Waals surface area (Å²) in [5.74, 6) is -0.117. The Kier molecular flexibility index (Phi) is 4.83. The number of nitrogens with zero attached hydrogens (tertiary/aromatic N) is 1. The van der Waals surface area contributed by atoms with Crippen molar-refractivity contribution in [3.8, 4) is 0 Å². The van der Waals surface area contributed by atoms with Crippen molar-refractivity contribution >= 4 is 11.7 Å². The molecule has 1 amide bonds. The van der Waals surface area contributed by atoms with Gasteiger partial charge in [0.1, 0.15) is 0 Å². The standard InChI is InChI=1S/C23H26N2O2/c1-15-7-8-17(13-16(15)2)22(26)20-5-3-4-6-21(20)23(27)25-12-11-18-9-10-19(14-25)24-18/h3-8,13,18-19,24H,9-12,14H2,1-2H3. The van der Waals surface area contributed by atoms with Crippen LogP contribution in [0.1, 0.15) is 56.7 Å². The normalized spacial score (nSPS) is 21.8. The van der Waals surface area contributed by atoms with E-state index in [1.807, 2.05) is 49.1 Å². The highest BCUT2D eigenvalue weighted by Gasteiger charge is 2.32. The van der Waals surface area contributed by atoms with E-state index in [0.29, 0.717) is 28.8 Å². The van der Waals surface area contributed by atoms with Crippen LogP contribution < -0.4 is 5.32 Å². The number of nitrogens with one attached hydrogen (secondary N) is 1. The molecule has 2 aromatic rings. The van der Waals surface area contributed by atoms with Crippen molar-refractivity contribution in [3.05, 3.63) is 70.3 Å². The van der Waals surface area contributed by atoms with Crippen molar-refractivity contribution < 1.29 is 9.59 Å². The molecule has 140 valence electrons. The summed E-state index contributed by atoms with van der Waals surface area (Å²) in [5, 5.41) is 3.60. The second-order valence-electron chi connectivity index (χ2n) is 7.85. The summed E-state index contributed by atoms with van der Waals surface area (Å²) in [7, 11) is 0. The lowest BCUT2D eigenvalue weighted by Crippen LogP contribution is -2.39. The van der Waals surface area contributed by atoms with Crippen molar-refractivity contribution in [1.82, 2.24) is 10.2 Å². The lowest BCUT2D eigenvalue weighted by atomic mass is 9.95. The molecule has 2 aromatic carbocycles. The van der Waals surface area contributed by atoms with Gasteiger partial charge in [0.05, 0.1) is 5.56 Å². The molecule has 27 heavy (non-hydrogen) atoms. The van der Waals surface area contributed by atoms with Gasteiger partial charge in [-0.15, -0.1) is 0 Å². The molecule has 0 saturated carbocycles. The van der Waals surface area contributed by atoms with Gasteiger partial charge >= 0.3 is 0 Å². The summed E-state index contributed by atoms with van der Waals surface area (Å²) in [4.78, 5) is 28.3. The van der Waals surface area contributed by atoms with E-state index in [4.69, 9.17) is 0 Å². The smallest absolute Gasteiger partial charge is 0.254 e. The molecule has 4 nitrogen and oxygen atoms in total. The van der Waals surface area contributed by atoms with Crippen LogP contribution in [0.2, 0.25) is 0 Å². The Morgan fingerprint density at radius 1 is 0.926 bits per heavy atom. The number of ketones is 1. The number of aryl methyl sites for hydroxylation is 2. The maximum Gasteiger partial charge on any atom is 0.254 e. The zero-order chi connectivity index (χ0) is 19.0. The minimum atomic E-state index is -0.0866. The minimum absolute atomic E-state index is 0.0304. The summed E-state index contributed by atoms with van der Waals surface area (Å²) in [5.41, 5.74) is 3.88. The average molecular weight is 362 g/mol. The van der Waals surface area contributed by atoms with Gasteiger partial charge in [-0.1, -0.05) is 30.3 Å². The largest absolute Gasteiger partial charge is 0.337 e. The molecule has 2 aliphatic rings. The van der Waals surface area contributed by atoms with Gasteiger partial charge in [-0.3, -0.25) is 9.59 Å². The molecule has 4 rings (SSSR count). The van der Waals surface area contributed by atoms with E-state index in [1.54, 1.807) is 12.1 Å². The van der Waals surface area contributed by atoms with Gasteiger partial charge in [-0.05, 0) is 56.4 Å². The highest BCUT2D eigenvalue weighted by atomic mass is 16.2. The molecule has 0 radical (unpaired) electrons. The predicted octanol–water partition coefficient (Wildman–Crippen LogP) is 3.50. The van der Waals surface area contributed by atoms with Crippen LogP contribution in [0, 0.1) is 13.8 Å². The van der Waals surface area contributed by atoms with Crippen molar-refractivity contribution in [1.29, 1.82) is 0 Å². The van der Waals surface area contributed by atoms with Crippen LogP contribution in [0.25, 0.3) is 0 Å². The maximum atomic E-state index is 13.3. The Labute approximate surface area is 160 Å². The molecule has 0 aromatic heterocycles. The number of hydrogen-bond acceptors (Lipinski definition) is 3. The van der Waals surface area contributed by atoms with Crippen LogP contribution in [0.4, 0.5) is 0 Å². The van der Waals surface area contributed by atoms with Gasteiger partial charge in [0.2, 0.25) is 0 Å². The Hall–Kier alpha value is -2.46. The first-order valence-electron chi connectivity index (χ1n) is 9.79. The molecule has 0 spiro atoms. The van der Waals surface area contributed by atoms with E-state index in [-0.39, 0.29) is 11.7 Å². The van der Waals surface area contributed by atoms with E-state index in [9.17, 15) is 9.59 Å². The van der Waals surface area contributed by atoms with E-state index >= 15 is 0 Å². The second-order valence-corrected chi connectivity index (χ2v) is 7.85. The Balaban J connectivity index is 1.63. The molecule has 4 heteroatoms. The van der Waals surface area contributed by atoms with Crippen LogP contribution in [-0.4, -0.2) is 41.8 Å². The lowest BCUT2D eigenvalue weighted by Gasteiger charge is -2.25. The third kappa shape index (κ3) is 3.54. The maximum absolute atomic E-state index is 13.3. The first-order valence-corrected chi connectivity index (χ1v) is 9.79. The van der Waals surface area contributed by atoms with Gasteiger partial charge in [-0.25, -0.2) is 0 Å². The molecule has 1 N–H and O–H groups in total. The van der Waals surface area contributed by atoms with E-state index in [2.05, 4.69) is 5.32 Å². The predicted molar refractivity (Wildman–Crippen MR) is 106 cm³/mol. The quantitative estimate of drug-likeness (QED) is 0.850. The lowest BCUT2D eigenvalue weighted by molar-refractivity contribution is 0.0744. The molecular formula is C23H26N2O2. The summed E-state index contributed by atoms with van der Waals surface area (Å²) in [6.45, 7) is 5.51. The first kappa shape index (κ1) is 17.9.